The summed E-state index contributed by atoms with van der Waals surface area (Å²) in [6.45, 7) is 2.61. The van der Waals surface area contributed by atoms with E-state index < -0.39 is 0 Å². The molecule has 1 aromatic rings. The smallest absolute Gasteiger partial charge is 0.0650 e. The van der Waals surface area contributed by atoms with Gasteiger partial charge in [0.1, 0.15) is 0 Å². The maximum Gasteiger partial charge on any atom is 0.0650 e. The van der Waals surface area contributed by atoms with Gasteiger partial charge in [0.15, 0.2) is 0 Å². The molecule has 16 heavy (non-hydrogen) atoms. The zero-order valence-corrected chi connectivity index (χ0v) is 10.2. The first kappa shape index (κ1) is 12.9. The van der Waals surface area contributed by atoms with Crippen LogP contribution in [0.2, 0.25) is 0 Å². The lowest BCUT2D eigenvalue weighted by molar-refractivity contribution is 0.152. The molecule has 2 nitrogen and oxygen atoms in total. The summed E-state index contributed by atoms with van der Waals surface area (Å²) in [6.07, 6.45) is 5.24. The molecule has 1 aromatic carbocycles. The van der Waals surface area contributed by atoms with Crippen LogP contribution in [0, 0.1) is 0 Å². The first-order valence-corrected chi connectivity index (χ1v) is 5.73. The second-order valence-electron chi connectivity index (χ2n) is 4.04. The summed E-state index contributed by atoms with van der Waals surface area (Å²) in [5, 5.41) is 0. The van der Waals surface area contributed by atoms with Gasteiger partial charge in [-0.1, -0.05) is 42.5 Å². The van der Waals surface area contributed by atoms with E-state index in [2.05, 4.69) is 43.3 Å². The van der Waals surface area contributed by atoms with Gasteiger partial charge in [0.2, 0.25) is 0 Å². The maximum atomic E-state index is 5.49. The SMILES string of the molecule is CN(C)CCCOCC=Cc1ccccc1. The van der Waals surface area contributed by atoms with E-state index in [4.69, 9.17) is 4.74 Å². The highest BCUT2D eigenvalue weighted by Crippen LogP contribution is 2.00. The van der Waals surface area contributed by atoms with E-state index in [-0.39, 0.29) is 0 Å². The van der Waals surface area contributed by atoms with Crippen LogP contribution in [0.5, 0.6) is 0 Å². The predicted octanol–water partition coefficient (Wildman–Crippen LogP) is 2.67. The molecule has 0 saturated carbocycles. The Morgan fingerprint density at radius 3 is 2.62 bits per heavy atom. The molecule has 0 radical (unpaired) electrons. The molecule has 1 rings (SSSR count). The third-order valence-corrected chi connectivity index (χ3v) is 2.22. The van der Waals surface area contributed by atoms with E-state index in [1.807, 2.05) is 18.2 Å². The van der Waals surface area contributed by atoms with Gasteiger partial charge in [0, 0.05) is 6.61 Å². The molecule has 0 bridgehead atoms. The number of hydrogen-bond donors (Lipinski definition) is 0. The molecule has 0 unspecified atom stereocenters. The highest BCUT2D eigenvalue weighted by molar-refractivity contribution is 5.48. The van der Waals surface area contributed by atoms with Crippen LogP contribution in [0.1, 0.15) is 12.0 Å². The van der Waals surface area contributed by atoms with Crippen LogP contribution in [0.3, 0.4) is 0 Å². The highest BCUT2D eigenvalue weighted by Gasteiger charge is 1.89. The first-order valence-electron chi connectivity index (χ1n) is 5.73. The van der Waals surface area contributed by atoms with E-state index in [9.17, 15) is 0 Å². The molecule has 0 fully saturated rings. The van der Waals surface area contributed by atoms with Crippen molar-refractivity contribution in [2.75, 3.05) is 33.9 Å². The Bertz CT molecular complexity index is 293. The van der Waals surface area contributed by atoms with Gasteiger partial charge in [-0.2, -0.15) is 0 Å². The van der Waals surface area contributed by atoms with Gasteiger partial charge in [0.05, 0.1) is 6.61 Å². The minimum atomic E-state index is 0.697. The quantitative estimate of drug-likeness (QED) is 0.654. The summed E-state index contributed by atoms with van der Waals surface area (Å²) in [5.41, 5.74) is 1.22. The number of nitrogens with zero attached hydrogens (tertiary/aromatic N) is 1. The van der Waals surface area contributed by atoms with Crippen LogP contribution >= 0.6 is 0 Å². The largest absolute Gasteiger partial charge is 0.377 e. The van der Waals surface area contributed by atoms with E-state index in [1.165, 1.54) is 5.56 Å². The van der Waals surface area contributed by atoms with Crippen molar-refractivity contribution in [3.8, 4) is 0 Å². The molecule has 88 valence electrons. The van der Waals surface area contributed by atoms with Crippen molar-refractivity contribution in [2.45, 2.75) is 6.42 Å². The van der Waals surface area contributed by atoms with E-state index >= 15 is 0 Å². The molecule has 0 aliphatic rings. The molecule has 0 heterocycles. The molecule has 0 saturated heterocycles. The molecule has 0 spiro atoms. The molecule has 0 amide bonds. The van der Waals surface area contributed by atoms with Crippen molar-refractivity contribution in [1.82, 2.24) is 4.90 Å². The number of rotatable bonds is 7. The third kappa shape index (κ3) is 6.38. The van der Waals surface area contributed by atoms with Gasteiger partial charge in [-0.3, -0.25) is 0 Å². The molecule has 0 aliphatic carbocycles. The second kappa shape index (κ2) is 8.08. The lowest BCUT2D eigenvalue weighted by Gasteiger charge is -2.08. The van der Waals surface area contributed by atoms with Crippen LogP contribution in [-0.4, -0.2) is 38.8 Å². The zero-order valence-electron chi connectivity index (χ0n) is 10.2. The van der Waals surface area contributed by atoms with Gasteiger partial charge in [-0.05, 0) is 32.6 Å². The normalized spacial score (nSPS) is 11.4. The minimum Gasteiger partial charge on any atom is -0.377 e. The van der Waals surface area contributed by atoms with Crippen molar-refractivity contribution >= 4 is 6.08 Å². The summed E-state index contributed by atoms with van der Waals surface area (Å²) >= 11 is 0. The highest BCUT2D eigenvalue weighted by atomic mass is 16.5. The Hall–Kier alpha value is -1.12. The summed E-state index contributed by atoms with van der Waals surface area (Å²) in [7, 11) is 4.16. The Balaban J connectivity index is 2.05. The van der Waals surface area contributed by atoms with Crippen LogP contribution in [0.25, 0.3) is 6.08 Å². The zero-order chi connectivity index (χ0) is 11.6. The molecular weight excluding hydrogens is 198 g/mol. The average molecular weight is 219 g/mol. The van der Waals surface area contributed by atoms with Gasteiger partial charge >= 0.3 is 0 Å². The first-order chi connectivity index (χ1) is 7.79. The summed E-state index contributed by atoms with van der Waals surface area (Å²) in [5.74, 6) is 0. The third-order valence-electron chi connectivity index (χ3n) is 2.22. The fourth-order valence-corrected chi connectivity index (χ4v) is 1.38. The molecule has 0 aliphatic heterocycles. The second-order valence-corrected chi connectivity index (χ2v) is 4.04. The lowest BCUT2D eigenvalue weighted by Crippen LogP contribution is -2.14. The van der Waals surface area contributed by atoms with E-state index in [0.717, 1.165) is 19.6 Å². The summed E-state index contributed by atoms with van der Waals surface area (Å²) in [4.78, 5) is 2.17. The Labute approximate surface area is 98.5 Å². The van der Waals surface area contributed by atoms with Crippen molar-refractivity contribution in [3.05, 3.63) is 42.0 Å². The summed E-state index contributed by atoms with van der Waals surface area (Å²) < 4.78 is 5.49. The molecule has 0 aromatic heterocycles. The number of ether oxygens (including phenoxy) is 1. The fourth-order valence-electron chi connectivity index (χ4n) is 1.38. The topological polar surface area (TPSA) is 12.5 Å². The standard InChI is InChI=1S/C14H21NO/c1-15(2)11-7-13-16-12-6-10-14-8-4-3-5-9-14/h3-6,8-10H,7,11-13H2,1-2H3. The van der Waals surface area contributed by atoms with Crippen molar-refractivity contribution in [3.63, 3.8) is 0 Å². The number of hydrogen-bond acceptors (Lipinski definition) is 2. The van der Waals surface area contributed by atoms with E-state index in [1.54, 1.807) is 0 Å². The Kier molecular flexibility index (Phi) is 6.54. The molecule has 0 N–H and O–H groups in total. The monoisotopic (exact) mass is 219 g/mol. The van der Waals surface area contributed by atoms with Crippen LogP contribution in [0.4, 0.5) is 0 Å². The summed E-state index contributed by atoms with van der Waals surface area (Å²) in [6, 6.07) is 10.3. The Morgan fingerprint density at radius 2 is 1.94 bits per heavy atom. The van der Waals surface area contributed by atoms with Crippen LogP contribution in [0.15, 0.2) is 36.4 Å². The van der Waals surface area contributed by atoms with Gasteiger partial charge in [-0.15, -0.1) is 0 Å². The number of benzene rings is 1. The van der Waals surface area contributed by atoms with Crippen molar-refractivity contribution < 1.29 is 4.74 Å². The fraction of sp³-hybridized carbons (Fsp3) is 0.429. The van der Waals surface area contributed by atoms with Gasteiger partial charge in [-0.25, -0.2) is 0 Å². The minimum absolute atomic E-state index is 0.697. The van der Waals surface area contributed by atoms with Crippen molar-refractivity contribution in [1.29, 1.82) is 0 Å². The predicted molar refractivity (Wildman–Crippen MR) is 69.5 cm³/mol. The average Bonchev–Trinajstić information content (AvgIpc) is 2.29. The molecule has 0 atom stereocenters. The lowest BCUT2D eigenvalue weighted by atomic mass is 10.2. The Morgan fingerprint density at radius 1 is 1.19 bits per heavy atom. The molecule has 2 heteroatoms. The van der Waals surface area contributed by atoms with E-state index in [0.29, 0.717) is 6.61 Å². The van der Waals surface area contributed by atoms with Gasteiger partial charge < -0.3 is 9.64 Å². The van der Waals surface area contributed by atoms with Crippen LogP contribution < -0.4 is 0 Å². The van der Waals surface area contributed by atoms with Crippen LogP contribution in [-0.2, 0) is 4.74 Å². The maximum absolute atomic E-state index is 5.49. The van der Waals surface area contributed by atoms with Crippen molar-refractivity contribution in [2.24, 2.45) is 0 Å². The molecular formula is C14H21NO. The van der Waals surface area contributed by atoms with Gasteiger partial charge in [0.25, 0.3) is 0 Å².